The summed E-state index contributed by atoms with van der Waals surface area (Å²) in [5.41, 5.74) is 0. The molecule has 1 unspecified atom stereocenters. The lowest BCUT2D eigenvalue weighted by atomic mass is 10.2. The highest BCUT2D eigenvalue weighted by atomic mass is 32.2. The van der Waals surface area contributed by atoms with Gasteiger partial charge in [0, 0.05) is 42.0 Å². The van der Waals surface area contributed by atoms with Crippen LogP contribution in [0.1, 0.15) is 19.8 Å². The predicted octanol–water partition coefficient (Wildman–Crippen LogP) is 2.73. The molecule has 0 fully saturated rings. The number of fused-ring (bicyclic) bond motifs is 1. The van der Waals surface area contributed by atoms with Crippen LogP contribution in [0.4, 0.5) is 0 Å². The number of nitrogens with one attached hydrogen (secondary N) is 1. The van der Waals surface area contributed by atoms with Crippen LogP contribution in [0.25, 0.3) is 0 Å². The maximum Gasteiger partial charge on any atom is 0.221 e. The van der Waals surface area contributed by atoms with Crippen molar-refractivity contribution in [2.24, 2.45) is 0 Å². The molecule has 6 nitrogen and oxygen atoms in total. The van der Waals surface area contributed by atoms with E-state index < -0.39 is 0 Å². The van der Waals surface area contributed by atoms with Crippen molar-refractivity contribution < 1.29 is 14.3 Å². The van der Waals surface area contributed by atoms with Crippen LogP contribution in [0.2, 0.25) is 0 Å². The lowest BCUT2D eigenvalue weighted by Gasteiger charge is -2.19. The number of thioether (sulfide) groups is 1. The zero-order valence-electron chi connectivity index (χ0n) is 14.3. The van der Waals surface area contributed by atoms with Crippen LogP contribution in [-0.2, 0) is 11.3 Å². The van der Waals surface area contributed by atoms with E-state index in [-0.39, 0.29) is 11.9 Å². The fraction of sp³-hybridized carbons (Fsp3) is 0.444. The van der Waals surface area contributed by atoms with Crippen LogP contribution >= 0.6 is 11.8 Å². The number of hydrogen-bond acceptors (Lipinski definition) is 5. The smallest absolute Gasteiger partial charge is 0.221 e. The third-order valence-electron chi connectivity index (χ3n) is 3.96. The SMILES string of the molecule is CCC(Cn1ccnc1)NC(=O)CCSc1ccc2c(c1)OCCO2. The third-order valence-corrected chi connectivity index (χ3v) is 4.96. The summed E-state index contributed by atoms with van der Waals surface area (Å²) in [6.45, 7) is 4.00. The molecular weight excluding hydrogens is 338 g/mol. The van der Waals surface area contributed by atoms with Crippen molar-refractivity contribution in [3.63, 3.8) is 0 Å². The van der Waals surface area contributed by atoms with Gasteiger partial charge < -0.3 is 19.4 Å². The van der Waals surface area contributed by atoms with Gasteiger partial charge >= 0.3 is 0 Å². The van der Waals surface area contributed by atoms with E-state index in [0.717, 1.165) is 35.1 Å². The Morgan fingerprint density at radius 2 is 2.20 bits per heavy atom. The molecule has 0 aliphatic carbocycles. The Kier molecular flexibility index (Phi) is 6.22. The first-order valence-electron chi connectivity index (χ1n) is 8.52. The molecule has 0 radical (unpaired) electrons. The molecule has 0 saturated carbocycles. The van der Waals surface area contributed by atoms with E-state index in [0.29, 0.717) is 19.6 Å². The molecule has 0 spiro atoms. The zero-order chi connectivity index (χ0) is 17.5. The van der Waals surface area contributed by atoms with Crippen molar-refractivity contribution >= 4 is 17.7 Å². The summed E-state index contributed by atoms with van der Waals surface area (Å²) in [5.74, 6) is 2.38. The molecule has 1 atom stereocenters. The molecule has 1 aromatic carbocycles. The van der Waals surface area contributed by atoms with E-state index in [2.05, 4.69) is 17.2 Å². The summed E-state index contributed by atoms with van der Waals surface area (Å²) in [6, 6.07) is 6.03. The molecule has 0 saturated heterocycles. The number of imidazole rings is 1. The number of aromatic nitrogens is 2. The minimum atomic E-state index is 0.0806. The average Bonchev–Trinajstić information content (AvgIpc) is 3.14. The zero-order valence-corrected chi connectivity index (χ0v) is 15.1. The number of carbonyl (C=O) groups is 1. The third kappa shape index (κ3) is 5.16. The topological polar surface area (TPSA) is 65.4 Å². The predicted molar refractivity (Wildman–Crippen MR) is 97.2 cm³/mol. The average molecular weight is 361 g/mol. The summed E-state index contributed by atoms with van der Waals surface area (Å²) >= 11 is 1.65. The molecule has 1 aliphatic rings. The van der Waals surface area contributed by atoms with Gasteiger partial charge in [-0.25, -0.2) is 4.98 Å². The standard InChI is InChI=1S/C18H23N3O3S/c1-2-14(12-21-7-6-19-13-21)20-18(22)5-10-25-15-3-4-16-17(11-15)24-9-8-23-16/h3-4,6-7,11,13-14H,2,5,8-10,12H2,1H3,(H,20,22). The largest absolute Gasteiger partial charge is 0.486 e. The van der Waals surface area contributed by atoms with E-state index in [9.17, 15) is 4.79 Å². The second-order valence-corrected chi connectivity index (χ2v) is 7.00. The van der Waals surface area contributed by atoms with Crippen molar-refractivity contribution in [2.75, 3.05) is 19.0 Å². The molecule has 134 valence electrons. The van der Waals surface area contributed by atoms with Gasteiger partial charge in [-0.2, -0.15) is 0 Å². The Hall–Kier alpha value is -2.15. The molecular formula is C18H23N3O3S. The Bertz CT molecular complexity index is 691. The quantitative estimate of drug-likeness (QED) is 0.733. The minimum absolute atomic E-state index is 0.0806. The van der Waals surface area contributed by atoms with Crippen LogP contribution in [0, 0.1) is 0 Å². The van der Waals surface area contributed by atoms with Gasteiger partial charge in [0.1, 0.15) is 13.2 Å². The maximum atomic E-state index is 12.2. The maximum absolute atomic E-state index is 12.2. The van der Waals surface area contributed by atoms with Crippen LogP contribution < -0.4 is 14.8 Å². The van der Waals surface area contributed by atoms with Gasteiger partial charge in [0.2, 0.25) is 5.91 Å². The molecule has 0 bridgehead atoms. The lowest BCUT2D eigenvalue weighted by Crippen LogP contribution is -2.37. The molecule has 2 aromatic rings. The number of rotatable bonds is 8. The molecule has 1 N–H and O–H groups in total. The van der Waals surface area contributed by atoms with Gasteiger partial charge in [-0.05, 0) is 24.6 Å². The molecule has 1 amide bonds. The van der Waals surface area contributed by atoms with E-state index in [1.54, 1.807) is 24.3 Å². The van der Waals surface area contributed by atoms with Crippen molar-refractivity contribution in [1.82, 2.24) is 14.9 Å². The first kappa shape index (κ1) is 17.7. The summed E-state index contributed by atoms with van der Waals surface area (Å²) < 4.78 is 13.1. The Morgan fingerprint density at radius 3 is 2.96 bits per heavy atom. The van der Waals surface area contributed by atoms with Crippen molar-refractivity contribution in [1.29, 1.82) is 0 Å². The first-order chi connectivity index (χ1) is 12.2. The number of hydrogen-bond donors (Lipinski definition) is 1. The summed E-state index contributed by atoms with van der Waals surface area (Å²) in [4.78, 5) is 17.3. The van der Waals surface area contributed by atoms with Crippen LogP contribution in [-0.4, -0.2) is 40.5 Å². The molecule has 3 rings (SSSR count). The summed E-state index contributed by atoms with van der Waals surface area (Å²) in [7, 11) is 0. The number of ether oxygens (including phenoxy) is 2. The molecule has 1 aliphatic heterocycles. The number of nitrogens with zero attached hydrogens (tertiary/aromatic N) is 2. The molecule has 1 aromatic heterocycles. The van der Waals surface area contributed by atoms with E-state index in [1.807, 2.05) is 29.0 Å². The molecule has 25 heavy (non-hydrogen) atoms. The van der Waals surface area contributed by atoms with Crippen molar-refractivity contribution in [3.05, 3.63) is 36.9 Å². The fourth-order valence-electron chi connectivity index (χ4n) is 2.60. The van der Waals surface area contributed by atoms with Crippen molar-refractivity contribution in [3.8, 4) is 11.5 Å². The van der Waals surface area contributed by atoms with E-state index in [4.69, 9.17) is 9.47 Å². The minimum Gasteiger partial charge on any atom is -0.486 e. The number of carbonyl (C=O) groups excluding carboxylic acids is 1. The van der Waals surface area contributed by atoms with Crippen molar-refractivity contribution in [2.45, 2.75) is 37.2 Å². The van der Waals surface area contributed by atoms with Gasteiger partial charge in [0.05, 0.1) is 6.33 Å². The highest BCUT2D eigenvalue weighted by Crippen LogP contribution is 2.34. The van der Waals surface area contributed by atoms with Crippen LogP contribution in [0.5, 0.6) is 11.5 Å². The van der Waals surface area contributed by atoms with Gasteiger partial charge in [-0.1, -0.05) is 6.92 Å². The fourth-order valence-corrected chi connectivity index (χ4v) is 3.48. The van der Waals surface area contributed by atoms with Crippen LogP contribution in [0.15, 0.2) is 41.8 Å². The number of benzene rings is 1. The highest BCUT2D eigenvalue weighted by Gasteiger charge is 2.13. The van der Waals surface area contributed by atoms with Gasteiger partial charge in [0.15, 0.2) is 11.5 Å². The summed E-state index contributed by atoms with van der Waals surface area (Å²) in [6.07, 6.45) is 6.80. The second kappa shape index (κ2) is 8.80. The normalized spacial score (nSPS) is 14.1. The lowest BCUT2D eigenvalue weighted by molar-refractivity contribution is -0.121. The van der Waals surface area contributed by atoms with Gasteiger partial charge in [-0.3, -0.25) is 4.79 Å². The van der Waals surface area contributed by atoms with Crippen LogP contribution in [0.3, 0.4) is 0 Å². The summed E-state index contributed by atoms with van der Waals surface area (Å²) in [5, 5.41) is 3.10. The Labute approximate surface area is 151 Å². The highest BCUT2D eigenvalue weighted by molar-refractivity contribution is 7.99. The second-order valence-electron chi connectivity index (χ2n) is 5.84. The first-order valence-corrected chi connectivity index (χ1v) is 9.50. The monoisotopic (exact) mass is 361 g/mol. The molecule has 7 heteroatoms. The van der Waals surface area contributed by atoms with E-state index >= 15 is 0 Å². The van der Waals surface area contributed by atoms with E-state index in [1.165, 1.54) is 0 Å². The molecule has 2 heterocycles. The van der Waals surface area contributed by atoms with Gasteiger partial charge in [0.25, 0.3) is 0 Å². The Morgan fingerprint density at radius 1 is 1.36 bits per heavy atom. The van der Waals surface area contributed by atoms with Gasteiger partial charge in [-0.15, -0.1) is 11.8 Å². The Balaban J connectivity index is 1.42. The number of amides is 1.